The molecule has 9 heteroatoms. The Balaban J connectivity index is 1.89. The summed E-state index contributed by atoms with van der Waals surface area (Å²) < 4.78 is 5.03. The van der Waals surface area contributed by atoms with Crippen molar-refractivity contribution in [2.75, 3.05) is 26.2 Å². The van der Waals surface area contributed by atoms with Gasteiger partial charge in [-0.3, -0.25) is 24.7 Å². The zero-order valence-corrected chi connectivity index (χ0v) is 15.0. The van der Waals surface area contributed by atoms with Crippen molar-refractivity contribution < 1.29 is 23.9 Å². The zero-order valence-electron chi connectivity index (χ0n) is 15.0. The van der Waals surface area contributed by atoms with Gasteiger partial charge in [-0.25, -0.2) is 4.79 Å². The number of imide groups is 1. The van der Waals surface area contributed by atoms with Gasteiger partial charge in [0.2, 0.25) is 0 Å². The fourth-order valence-corrected chi connectivity index (χ4v) is 3.04. The molecule has 0 radical (unpaired) electrons. The number of hydrazine groups is 1. The van der Waals surface area contributed by atoms with Gasteiger partial charge in [-0.05, 0) is 39.7 Å². The molecule has 0 aromatic heterocycles. The highest BCUT2D eigenvalue weighted by Crippen LogP contribution is 2.20. The molecule has 0 aromatic carbocycles. The predicted molar refractivity (Wildman–Crippen MR) is 88.0 cm³/mol. The van der Waals surface area contributed by atoms with E-state index in [1.807, 2.05) is 4.90 Å². The number of carbonyl (C=O) groups excluding carboxylic acids is 4. The van der Waals surface area contributed by atoms with E-state index in [4.69, 9.17) is 4.74 Å². The van der Waals surface area contributed by atoms with E-state index in [2.05, 4.69) is 10.7 Å². The molecule has 4 amide bonds. The molecule has 2 heterocycles. The molecule has 0 saturated carbocycles. The number of carbonyl (C=O) groups is 4. The first-order valence-corrected chi connectivity index (χ1v) is 8.66. The zero-order chi connectivity index (χ0) is 18.6. The topological polar surface area (TPSA) is 108 Å². The number of hydrogen-bond donors (Lipinski definition) is 2. The fourth-order valence-electron chi connectivity index (χ4n) is 3.04. The maximum Gasteiger partial charge on any atom is 0.344 e. The number of nitrogens with one attached hydrogen (secondary N) is 2. The van der Waals surface area contributed by atoms with Crippen LogP contribution in [0.1, 0.15) is 40.0 Å². The molecule has 0 spiro atoms. The van der Waals surface area contributed by atoms with E-state index in [0.717, 1.165) is 17.9 Å². The number of piperidine rings is 1. The van der Waals surface area contributed by atoms with Crippen LogP contribution in [0.3, 0.4) is 0 Å². The van der Waals surface area contributed by atoms with E-state index >= 15 is 0 Å². The molecule has 140 valence electrons. The molecular formula is C16H26N4O5. The van der Waals surface area contributed by atoms with Crippen molar-refractivity contribution in [3.63, 3.8) is 0 Å². The van der Waals surface area contributed by atoms with Crippen molar-refractivity contribution in [2.24, 2.45) is 5.92 Å². The lowest BCUT2D eigenvalue weighted by Gasteiger charge is -2.31. The number of esters is 1. The summed E-state index contributed by atoms with van der Waals surface area (Å²) in [4.78, 5) is 50.1. The van der Waals surface area contributed by atoms with Crippen LogP contribution in [0, 0.1) is 5.92 Å². The summed E-state index contributed by atoms with van der Waals surface area (Å²) in [6.45, 7) is 6.61. The highest BCUT2D eigenvalue weighted by molar-refractivity contribution is 6.07. The molecule has 25 heavy (non-hydrogen) atoms. The fraction of sp³-hybridized carbons (Fsp3) is 0.750. The van der Waals surface area contributed by atoms with Crippen LogP contribution in [0.25, 0.3) is 0 Å². The Hall–Kier alpha value is -2.16. The van der Waals surface area contributed by atoms with Crippen molar-refractivity contribution >= 4 is 23.8 Å². The Morgan fingerprint density at radius 1 is 1.36 bits per heavy atom. The third-order valence-electron chi connectivity index (χ3n) is 4.70. The van der Waals surface area contributed by atoms with Gasteiger partial charge in [-0.2, -0.15) is 5.01 Å². The lowest BCUT2D eigenvalue weighted by molar-refractivity contribution is -0.150. The quantitative estimate of drug-likeness (QED) is 0.514. The Kier molecular flexibility index (Phi) is 5.99. The van der Waals surface area contributed by atoms with E-state index in [-0.39, 0.29) is 18.4 Å². The predicted octanol–water partition coefficient (Wildman–Crippen LogP) is 0.0132. The second-order valence-electron chi connectivity index (χ2n) is 6.62. The number of amides is 4. The van der Waals surface area contributed by atoms with Gasteiger partial charge in [0.25, 0.3) is 11.8 Å². The molecule has 2 N–H and O–H groups in total. The molecule has 2 aliphatic rings. The van der Waals surface area contributed by atoms with Crippen LogP contribution >= 0.6 is 0 Å². The number of ether oxygens (including phenoxy) is 1. The van der Waals surface area contributed by atoms with Crippen molar-refractivity contribution in [1.29, 1.82) is 0 Å². The molecule has 2 atom stereocenters. The molecule has 2 unspecified atom stereocenters. The molecule has 0 aliphatic carbocycles. The van der Waals surface area contributed by atoms with Gasteiger partial charge in [0.05, 0.1) is 19.1 Å². The lowest BCUT2D eigenvalue weighted by Crippen LogP contribution is -2.52. The molecule has 2 rings (SSSR count). The van der Waals surface area contributed by atoms with Gasteiger partial charge in [-0.1, -0.05) is 6.92 Å². The minimum Gasteiger partial charge on any atom is -0.466 e. The first kappa shape index (κ1) is 19.2. The molecule has 0 aromatic rings. The number of hydrogen-bond acceptors (Lipinski definition) is 6. The van der Waals surface area contributed by atoms with Crippen molar-refractivity contribution in [1.82, 2.24) is 20.7 Å². The van der Waals surface area contributed by atoms with Crippen molar-refractivity contribution in [3.05, 3.63) is 0 Å². The van der Waals surface area contributed by atoms with Crippen molar-refractivity contribution in [3.8, 4) is 0 Å². The summed E-state index contributed by atoms with van der Waals surface area (Å²) in [5, 5.41) is 3.31. The highest BCUT2D eigenvalue weighted by atomic mass is 16.5. The number of urea groups is 1. The summed E-state index contributed by atoms with van der Waals surface area (Å²) in [6, 6.07) is -0.634. The normalized spacial score (nSPS) is 27.2. The highest BCUT2D eigenvalue weighted by Gasteiger charge is 2.47. The van der Waals surface area contributed by atoms with Gasteiger partial charge < -0.3 is 10.1 Å². The smallest absolute Gasteiger partial charge is 0.344 e. The Labute approximate surface area is 147 Å². The van der Waals surface area contributed by atoms with E-state index in [1.54, 1.807) is 20.8 Å². The molecule has 2 aliphatic heterocycles. The largest absolute Gasteiger partial charge is 0.466 e. The second-order valence-corrected chi connectivity index (χ2v) is 6.62. The minimum absolute atomic E-state index is 0.00973. The standard InChI is InChI=1S/C16H26N4O5/c1-4-16(3)14(23)20(15(24)17-16)18-12(21)10-19-8-6-7-11(9-19)13(22)25-5-2/h11H,4-10H2,1-3H3,(H,17,24)(H,18,21). The average Bonchev–Trinajstić information content (AvgIpc) is 2.79. The maximum absolute atomic E-state index is 12.3. The van der Waals surface area contributed by atoms with Gasteiger partial charge in [0.15, 0.2) is 0 Å². The summed E-state index contributed by atoms with van der Waals surface area (Å²) in [5.74, 6) is -1.44. The summed E-state index contributed by atoms with van der Waals surface area (Å²) in [7, 11) is 0. The van der Waals surface area contributed by atoms with Gasteiger partial charge in [-0.15, -0.1) is 0 Å². The van der Waals surface area contributed by atoms with Crippen LogP contribution < -0.4 is 10.7 Å². The molecular weight excluding hydrogens is 328 g/mol. The van der Waals surface area contributed by atoms with Crippen LogP contribution in [0.5, 0.6) is 0 Å². The Bertz CT molecular complexity index is 567. The molecule has 9 nitrogen and oxygen atoms in total. The van der Waals surface area contributed by atoms with Gasteiger partial charge in [0.1, 0.15) is 5.54 Å². The van der Waals surface area contributed by atoms with Crippen molar-refractivity contribution in [2.45, 2.75) is 45.6 Å². The van der Waals surface area contributed by atoms with Crippen LogP contribution in [0.2, 0.25) is 0 Å². The van der Waals surface area contributed by atoms with E-state index < -0.39 is 23.4 Å². The monoisotopic (exact) mass is 354 g/mol. The van der Waals surface area contributed by atoms with Gasteiger partial charge >= 0.3 is 12.0 Å². The Morgan fingerprint density at radius 3 is 2.68 bits per heavy atom. The average molecular weight is 354 g/mol. The third kappa shape index (κ3) is 4.28. The molecule has 0 bridgehead atoms. The summed E-state index contributed by atoms with van der Waals surface area (Å²) in [6.07, 6.45) is 1.95. The van der Waals surface area contributed by atoms with E-state index in [1.165, 1.54) is 0 Å². The van der Waals surface area contributed by atoms with Crippen LogP contribution in [0.4, 0.5) is 4.79 Å². The Morgan fingerprint density at radius 2 is 2.08 bits per heavy atom. The van der Waals surface area contributed by atoms with Crippen LogP contribution in [-0.2, 0) is 19.1 Å². The molecule has 2 fully saturated rings. The maximum atomic E-state index is 12.3. The minimum atomic E-state index is -0.996. The SMILES string of the molecule is CCOC(=O)C1CCCN(CC(=O)NN2C(=O)NC(C)(CC)C2=O)C1. The second kappa shape index (κ2) is 7.81. The summed E-state index contributed by atoms with van der Waals surface area (Å²) >= 11 is 0. The lowest BCUT2D eigenvalue weighted by atomic mass is 9.98. The first-order chi connectivity index (χ1) is 11.8. The van der Waals surface area contributed by atoms with Gasteiger partial charge in [0, 0.05) is 6.54 Å². The third-order valence-corrected chi connectivity index (χ3v) is 4.70. The number of likely N-dealkylation sites (tertiary alicyclic amines) is 1. The number of rotatable bonds is 6. The number of nitrogens with zero attached hydrogens (tertiary/aromatic N) is 2. The van der Waals surface area contributed by atoms with Crippen LogP contribution in [0.15, 0.2) is 0 Å². The van der Waals surface area contributed by atoms with Crippen LogP contribution in [-0.4, -0.2) is 65.5 Å². The van der Waals surface area contributed by atoms with E-state index in [0.29, 0.717) is 26.1 Å². The molecule has 2 saturated heterocycles. The summed E-state index contributed by atoms with van der Waals surface area (Å²) in [5.41, 5.74) is 1.36. The first-order valence-electron chi connectivity index (χ1n) is 8.66. The van der Waals surface area contributed by atoms with E-state index in [9.17, 15) is 19.2 Å².